The smallest absolute Gasteiger partial charge is 0.142 e. The fourth-order valence-electron chi connectivity index (χ4n) is 13.2. The first-order chi connectivity index (χ1) is 37.6. The summed E-state index contributed by atoms with van der Waals surface area (Å²) in [7, 11) is 0. The van der Waals surface area contributed by atoms with Crippen LogP contribution < -0.4 is 5.32 Å². The summed E-state index contributed by atoms with van der Waals surface area (Å²) in [5.74, 6) is 1.67. The van der Waals surface area contributed by atoms with Crippen LogP contribution in [-0.2, 0) is 11.8 Å². The maximum atomic E-state index is 6.69. The maximum absolute atomic E-state index is 6.69. The average molecular weight is 984 g/mol. The molecule has 1 N–H and O–H groups in total. The van der Waals surface area contributed by atoms with Crippen molar-refractivity contribution in [1.29, 1.82) is 0 Å². The summed E-state index contributed by atoms with van der Waals surface area (Å²) in [5.41, 5.74) is 21.6. The highest BCUT2D eigenvalue weighted by Gasteiger charge is 2.51. The molecule has 5 heteroatoms. The van der Waals surface area contributed by atoms with Gasteiger partial charge in [-0.3, -0.25) is 9.56 Å². The maximum Gasteiger partial charge on any atom is 0.142 e. The van der Waals surface area contributed by atoms with Crippen LogP contribution in [0.4, 0.5) is 0 Å². The molecule has 9 aromatic carbocycles. The number of rotatable bonds is 9. The molecule has 0 amide bonds. The zero-order chi connectivity index (χ0) is 51.1. The van der Waals surface area contributed by atoms with Crippen LogP contribution in [0.2, 0.25) is 0 Å². The van der Waals surface area contributed by atoms with Gasteiger partial charge in [0.2, 0.25) is 0 Å². The number of aliphatic imine (C=N–C) groups is 1. The van der Waals surface area contributed by atoms with Crippen molar-refractivity contribution in [3.8, 4) is 33.4 Å². The summed E-state index contributed by atoms with van der Waals surface area (Å²) in [6, 6.07) is 72.9. The van der Waals surface area contributed by atoms with Crippen molar-refractivity contribution < 1.29 is 8.83 Å². The van der Waals surface area contributed by atoms with Crippen molar-refractivity contribution in [2.45, 2.75) is 64.5 Å². The number of hydrogen-bond donors (Lipinski definition) is 1. The quantitative estimate of drug-likeness (QED) is 0.147. The summed E-state index contributed by atoms with van der Waals surface area (Å²) >= 11 is 0. The van der Waals surface area contributed by atoms with Crippen LogP contribution in [0.1, 0.15) is 85.6 Å². The van der Waals surface area contributed by atoms with Crippen molar-refractivity contribution >= 4 is 72.3 Å². The van der Waals surface area contributed by atoms with E-state index in [-0.39, 0.29) is 0 Å². The molecule has 3 aliphatic rings. The predicted octanol–water partition coefficient (Wildman–Crippen LogP) is 18.5. The van der Waals surface area contributed by atoms with Gasteiger partial charge in [-0.2, -0.15) is 0 Å². The number of fused-ring (bicyclic) bond motifs is 19. The van der Waals surface area contributed by atoms with E-state index in [2.05, 4.69) is 223 Å². The van der Waals surface area contributed by atoms with Crippen molar-refractivity contribution in [3.63, 3.8) is 0 Å². The Hall–Kier alpha value is -8.93. The minimum absolute atomic E-state index is 0.446. The molecule has 1 unspecified atom stereocenters. The second kappa shape index (κ2) is 18.2. The van der Waals surface area contributed by atoms with Crippen molar-refractivity contribution in [2.75, 3.05) is 0 Å². The molecule has 76 heavy (non-hydrogen) atoms. The fourth-order valence-corrected chi connectivity index (χ4v) is 13.2. The molecule has 0 fully saturated rings. The molecule has 3 aliphatic carbocycles. The largest absolute Gasteiger partial charge is 0.456 e. The first-order valence-electron chi connectivity index (χ1n) is 27.2. The third-order valence-corrected chi connectivity index (χ3v) is 16.3. The first-order valence-corrected chi connectivity index (χ1v) is 27.2. The van der Waals surface area contributed by atoms with Gasteiger partial charge in [-0.25, -0.2) is 0 Å². The van der Waals surface area contributed by atoms with Gasteiger partial charge in [0, 0.05) is 38.2 Å². The molecule has 3 heterocycles. The van der Waals surface area contributed by atoms with Crippen molar-refractivity contribution in [3.05, 3.63) is 251 Å². The predicted molar refractivity (Wildman–Crippen MR) is 317 cm³/mol. The van der Waals surface area contributed by atoms with Gasteiger partial charge < -0.3 is 14.2 Å². The molecule has 0 radical (unpaired) electrons. The van der Waals surface area contributed by atoms with Gasteiger partial charge in [0.15, 0.2) is 0 Å². The number of benzene rings is 9. The van der Waals surface area contributed by atoms with E-state index >= 15 is 0 Å². The summed E-state index contributed by atoms with van der Waals surface area (Å²) in [4.78, 5) is 5.82. The number of nitrogens with one attached hydrogen (secondary N) is 1. The Bertz CT molecular complexity index is 4320. The fraction of sp³-hybridized carbons (Fsp3) is 0.141. The Morgan fingerprint density at radius 2 is 1.21 bits per heavy atom. The Balaban J connectivity index is 0.00000261. The van der Waals surface area contributed by atoms with Crippen LogP contribution >= 0.6 is 0 Å². The number of aryl methyl sites for hydroxylation is 1. The minimum Gasteiger partial charge on any atom is -0.456 e. The topological polar surface area (TPSA) is 55.6 Å². The van der Waals surface area contributed by atoms with Crippen LogP contribution in [0.5, 0.6) is 0 Å². The van der Waals surface area contributed by atoms with Gasteiger partial charge >= 0.3 is 0 Å². The summed E-state index contributed by atoms with van der Waals surface area (Å²) in [6.07, 6.45) is 6.25. The van der Waals surface area contributed by atoms with Crippen molar-refractivity contribution in [2.24, 2.45) is 4.99 Å². The van der Waals surface area contributed by atoms with Crippen LogP contribution in [0.25, 0.3) is 100.0 Å². The van der Waals surface area contributed by atoms with E-state index in [1.165, 1.54) is 71.8 Å². The van der Waals surface area contributed by atoms with Crippen LogP contribution in [0, 0.1) is 0 Å². The number of para-hydroxylation sites is 2. The van der Waals surface area contributed by atoms with E-state index in [1.807, 2.05) is 13.8 Å². The third kappa shape index (κ3) is 6.81. The Kier molecular flexibility index (Phi) is 10.9. The minimum atomic E-state index is -0.458. The zero-order valence-electron chi connectivity index (χ0n) is 43.2. The lowest BCUT2D eigenvalue weighted by atomic mass is 9.70. The molecule has 15 rings (SSSR count). The van der Waals surface area contributed by atoms with E-state index < -0.39 is 11.6 Å². The van der Waals surface area contributed by atoms with Crippen LogP contribution in [0.15, 0.2) is 226 Å². The molecule has 0 saturated heterocycles. The van der Waals surface area contributed by atoms with Gasteiger partial charge in [0.05, 0.1) is 16.4 Å². The van der Waals surface area contributed by atoms with Gasteiger partial charge in [-0.05, 0) is 141 Å². The first kappa shape index (κ1) is 45.7. The Labute approximate surface area is 443 Å². The van der Waals surface area contributed by atoms with Crippen LogP contribution in [0.3, 0.4) is 0 Å². The molecule has 1 atom stereocenters. The van der Waals surface area contributed by atoms with E-state index in [0.29, 0.717) is 0 Å². The molecular weight excluding hydrogens is 927 g/mol. The lowest BCUT2D eigenvalue weighted by Gasteiger charge is -2.30. The van der Waals surface area contributed by atoms with Gasteiger partial charge in [0.1, 0.15) is 34.5 Å². The molecule has 1 spiro atoms. The highest BCUT2D eigenvalue weighted by molar-refractivity contribution is 6.15. The van der Waals surface area contributed by atoms with E-state index in [9.17, 15) is 0 Å². The second-order valence-corrected chi connectivity index (χ2v) is 20.3. The normalized spacial score (nSPS) is 14.5. The molecular formula is C71H57N3O2. The SMILES string of the molecule is C=C(NC(/N=C(\CCC)c1ccc2c(c1)oc1cccc(-c3ccccc3)c12)C1=Cc2oc3ccccc3c2CCC1)n1c2ccccc2c2cc3c(cc21)-c1ccccc1C31c2ccccc2-c2ccccc21.CC. The van der Waals surface area contributed by atoms with Crippen molar-refractivity contribution in [1.82, 2.24) is 9.88 Å². The van der Waals surface area contributed by atoms with Gasteiger partial charge in [-0.15, -0.1) is 0 Å². The van der Waals surface area contributed by atoms with E-state index in [1.54, 1.807) is 0 Å². The number of nitrogens with zero attached hydrogens (tertiary/aromatic N) is 2. The highest BCUT2D eigenvalue weighted by atomic mass is 16.3. The third-order valence-electron chi connectivity index (χ3n) is 16.3. The molecule has 368 valence electrons. The molecule has 12 aromatic rings. The summed E-state index contributed by atoms with van der Waals surface area (Å²) in [5, 5.41) is 9.80. The molecule has 0 aliphatic heterocycles. The lowest BCUT2D eigenvalue weighted by molar-refractivity contribution is 0.598. The number of aromatic nitrogens is 1. The van der Waals surface area contributed by atoms with E-state index in [0.717, 1.165) is 105 Å². The van der Waals surface area contributed by atoms with Gasteiger partial charge in [-0.1, -0.05) is 191 Å². The standard InChI is InChI=1S/C69H51N3O2.C2H6/c1-3-19-60(44-36-37-53-66(38-44)74-64-35-18-28-46(67(53)64)43-20-5-4-6-21-43)71-68(45-22-17-29-52-51-27-11-16-34-63(51)73-65(52)39-45)70-42(2)72-61-33-15-10-26-50(61)55-40-59-54(41-62(55)72)49-25-9-14-32-58(49)69(59)56-30-12-7-23-47(56)48-24-8-13-31-57(48)69;1-2/h4-16,18,20-21,23-28,30-41,68,70H,2-3,17,19,22,29H2,1H3;1-2H3/b71-60+;. The number of furan rings is 2. The average Bonchev–Trinajstić information content (AvgIpc) is 4.43. The lowest BCUT2D eigenvalue weighted by Crippen LogP contribution is -2.31. The Morgan fingerprint density at radius 3 is 1.96 bits per heavy atom. The summed E-state index contributed by atoms with van der Waals surface area (Å²) in [6.45, 7) is 11.2. The highest BCUT2D eigenvalue weighted by Crippen LogP contribution is 2.63. The molecule has 0 saturated carbocycles. The second-order valence-electron chi connectivity index (χ2n) is 20.3. The molecule has 3 aromatic heterocycles. The van der Waals surface area contributed by atoms with Crippen LogP contribution in [-0.4, -0.2) is 16.4 Å². The molecule has 0 bridgehead atoms. The zero-order valence-corrected chi connectivity index (χ0v) is 43.2. The Morgan fingerprint density at radius 1 is 0.566 bits per heavy atom. The molecule has 5 nitrogen and oxygen atoms in total. The van der Waals surface area contributed by atoms with E-state index in [4.69, 9.17) is 20.4 Å². The number of hydrogen-bond acceptors (Lipinski definition) is 4. The monoisotopic (exact) mass is 983 g/mol. The van der Waals surface area contributed by atoms with Gasteiger partial charge in [0.25, 0.3) is 0 Å². The summed E-state index contributed by atoms with van der Waals surface area (Å²) < 4.78 is 15.7.